The second-order valence-electron chi connectivity index (χ2n) is 4.99. The molecule has 0 unspecified atom stereocenters. The van der Waals surface area contributed by atoms with Crippen molar-refractivity contribution in [3.63, 3.8) is 0 Å². The molecule has 1 N–H and O–H groups in total. The molecule has 0 radical (unpaired) electrons. The maximum Gasteiger partial charge on any atom is 0.268 e. The largest absolute Gasteiger partial charge is 0.347 e. The lowest BCUT2D eigenvalue weighted by Crippen LogP contribution is -2.26. The number of nitrogens with one attached hydrogen (secondary N) is 1. The lowest BCUT2D eigenvalue weighted by Gasteiger charge is -2.10. The minimum Gasteiger partial charge on any atom is -0.347 e. The zero-order valence-corrected chi connectivity index (χ0v) is 12.3. The number of para-hydroxylation sites is 1. The molecule has 0 aliphatic heterocycles. The van der Waals surface area contributed by atoms with Crippen LogP contribution >= 0.6 is 0 Å². The van der Waals surface area contributed by atoms with Gasteiger partial charge in [0.05, 0.1) is 0 Å². The van der Waals surface area contributed by atoms with Crippen molar-refractivity contribution in [3.05, 3.63) is 48.2 Å². The molecule has 106 valence electrons. The van der Waals surface area contributed by atoms with Crippen LogP contribution < -0.4 is 5.32 Å². The molecule has 0 aliphatic carbocycles. The molecule has 1 aromatic carbocycles. The van der Waals surface area contributed by atoms with Gasteiger partial charge in [-0.25, -0.2) is 0 Å². The first kappa shape index (κ1) is 14.4. The average molecular weight is 270 g/mol. The molecule has 2 aromatic rings. The van der Waals surface area contributed by atoms with Gasteiger partial charge in [0.25, 0.3) is 5.91 Å². The van der Waals surface area contributed by atoms with Gasteiger partial charge in [-0.15, -0.1) is 6.58 Å². The molecule has 1 heterocycles. The minimum absolute atomic E-state index is 0.0188. The smallest absolute Gasteiger partial charge is 0.268 e. The highest BCUT2D eigenvalue weighted by Gasteiger charge is 2.19. The molecular formula is C17H22N2O. The van der Waals surface area contributed by atoms with E-state index in [1.807, 2.05) is 19.1 Å². The van der Waals surface area contributed by atoms with Crippen LogP contribution in [0.3, 0.4) is 0 Å². The maximum absolute atomic E-state index is 12.4. The highest BCUT2D eigenvalue weighted by Crippen LogP contribution is 2.26. The average Bonchev–Trinajstić information content (AvgIpc) is 2.76. The Morgan fingerprint density at radius 2 is 2.15 bits per heavy atom. The van der Waals surface area contributed by atoms with Gasteiger partial charge in [-0.1, -0.05) is 37.6 Å². The summed E-state index contributed by atoms with van der Waals surface area (Å²) in [4.78, 5) is 12.4. The summed E-state index contributed by atoms with van der Waals surface area (Å²) in [6.07, 6.45) is 3.88. The van der Waals surface area contributed by atoms with Crippen molar-refractivity contribution in [2.75, 3.05) is 6.54 Å². The minimum atomic E-state index is -0.0188. The molecule has 0 spiro atoms. The van der Waals surface area contributed by atoms with Crippen LogP contribution in [0.1, 0.15) is 35.8 Å². The number of carbonyl (C=O) groups is 1. The summed E-state index contributed by atoms with van der Waals surface area (Å²) in [6, 6.07) is 8.21. The Kier molecular flexibility index (Phi) is 4.61. The van der Waals surface area contributed by atoms with E-state index in [1.165, 1.54) is 0 Å². The Balaban J connectivity index is 2.52. The standard InChI is InChI=1S/C17H22N2O/c1-4-6-12-19-15-10-8-7-9-14(15)13(3)16(19)17(20)18-11-5-2/h5,7-10H,2,4,6,11-12H2,1,3H3,(H,18,20). The summed E-state index contributed by atoms with van der Waals surface area (Å²) >= 11 is 0. The maximum atomic E-state index is 12.4. The number of fused-ring (bicyclic) bond motifs is 1. The second-order valence-corrected chi connectivity index (χ2v) is 4.99. The van der Waals surface area contributed by atoms with Gasteiger partial charge in [-0.3, -0.25) is 4.79 Å². The first-order valence-corrected chi connectivity index (χ1v) is 7.17. The molecule has 20 heavy (non-hydrogen) atoms. The Labute approximate surface area is 120 Å². The van der Waals surface area contributed by atoms with Gasteiger partial charge in [0.1, 0.15) is 5.69 Å². The first-order valence-electron chi connectivity index (χ1n) is 7.17. The summed E-state index contributed by atoms with van der Waals surface area (Å²) in [6.45, 7) is 9.20. The van der Waals surface area contributed by atoms with E-state index in [9.17, 15) is 4.79 Å². The van der Waals surface area contributed by atoms with E-state index in [0.29, 0.717) is 6.54 Å². The van der Waals surface area contributed by atoms with Crippen LogP contribution in [0.15, 0.2) is 36.9 Å². The van der Waals surface area contributed by atoms with Crippen molar-refractivity contribution in [2.24, 2.45) is 0 Å². The van der Waals surface area contributed by atoms with Gasteiger partial charge in [0.15, 0.2) is 0 Å². The van der Waals surface area contributed by atoms with E-state index < -0.39 is 0 Å². The van der Waals surface area contributed by atoms with Crippen LogP contribution in [-0.4, -0.2) is 17.0 Å². The number of rotatable bonds is 6. The number of nitrogens with zero attached hydrogens (tertiary/aromatic N) is 1. The number of amides is 1. The van der Waals surface area contributed by atoms with Crippen molar-refractivity contribution in [1.82, 2.24) is 9.88 Å². The van der Waals surface area contributed by atoms with Gasteiger partial charge < -0.3 is 9.88 Å². The Morgan fingerprint density at radius 3 is 2.85 bits per heavy atom. The van der Waals surface area contributed by atoms with Crippen LogP contribution in [0.5, 0.6) is 0 Å². The van der Waals surface area contributed by atoms with Crippen molar-refractivity contribution in [2.45, 2.75) is 33.2 Å². The fraction of sp³-hybridized carbons (Fsp3) is 0.353. The van der Waals surface area contributed by atoms with Gasteiger partial charge in [0, 0.05) is 24.0 Å². The number of hydrogen-bond donors (Lipinski definition) is 1. The number of hydrogen-bond acceptors (Lipinski definition) is 1. The van der Waals surface area contributed by atoms with Crippen LogP contribution in [-0.2, 0) is 6.54 Å². The third-order valence-electron chi connectivity index (χ3n) is 3.58. The van der Waals surface area contributed by atoms with E-state index in [0.717, 1.165) is 41.5 Å². The van der Waals surface area contributed by atoms with E-state index in [2.05, 4.69) is 35.5 Å². The van der Waals surface area contributed by atoms with Crippen molar-refractivity contribution < 1.29 is 4.79 Å². The number of unbranched alkanes of at least 4 members (excludes halogenated alkanes) is 1. The zero-order chi connectivity index (χ0) is 14.5. The highest BCUT2D eigenvalue weighted by molar-refractivity contribution is 6.01. The molecule has 1 amide bonds. The molecule has 0 fully saturated rings. The quantitative estimate of drug-likeness (QED) is 0.798. The predicted octanol–water partition coefficient (Wildman–Crippen LogP) is 3.67. The number of carbonyl (C=O) groups excluding carboxylic acids is 1. The van der Waals surface area contributed by atoms with Crippen LogP contribution in [0.25, 0.3) is 10.9 Å². The fourth-order valence-corrected chi connectivity index (χ4v) is 2.57. The number of benzene rings is 1. The van der Waals surface area contributed by atoms with Gasteiger partial charge >= 0.3 is 0 Å². The summed E-state index contributed by atoms with van der Waals surface area (Å²) in [7, 11) is 0. The molecular weight excluding hydrogens is 248 g/mol. The molecule has 0 saturated heterocycles. The summed E-state index contributed by atoms with van der Waals surface area (Å²) in [5, 5.41) is 4.05. The topological polar surface area (TPSA) is 34.0 Å². The fourth-order valence-electron chi connectivity index (χ4n) is 2.57. The normalized spacial score (nSPS) is 10.7. The van der Waals surface area contributed by atoms with Crippen molar-refractivity contribution in [3.8, 4) is 0 Å². The lowest BCUT2D eigenvalue weighted by molar-refractivity contribution is 0.0948. The molecule has 3 nitrogen and oxygen atoms in total. The van der Waals surface area contributed by atoms with E-state index in [-0.39, 0.29) is 5.91 Å². The van der Waals surface area contributed by atoms with Gasteiger partial charge in [-0.05, 0) is 25.0 Å². The predicted molar refractivity (Wildman–Crippen MR) is 84.1 cm³/mol. The van der Waals surface area contributed by atoms with E-state index in [1.54, 1.807) is 6.08 Å². The molecule has 0 saturated carbocycles. The molecule has 0 bridgehead atoms. The molecule has 1 aromatic heterocycles. The van der Waals surface area contributed by atoms with E-state index >= 15 is 0 Å². The van der Waals surface area contributed by atoms with Crippen LogP contribution in [0, 0.1) is 6.92 Å². The van der Waals surface area contributed by atoms with Gasteiger partial charge in [-0.2, -0.15) is 0 Å². The monoisotopic (exact) mass is 270 g/mol. The van der Waals surface area contributed by atoms with Crippen LogP contribution in [0.2, 0.25) is 0 Å². The van der Waals surface area contributed by atoms with Gasteiger partial charge in [0.2, 0.25) is 0 Å². The lowest BCUT2D eigenvalue weighted by atomic mass is 10.1. The third kappa shape index (κ3) is 2.62. The SMILES string of the molecule is C=CCNC(=O)c1c(C)c2ccccc2n1CCCC. The molecule has 3 heteroatoms. The van der Waals surface area contributed by atoms with Crippen molar-refractivity contribution >= 4 is 16.8 Å². The van der Waals surface area contributed by atoms with Crippen molar-refractivity contribution in [1.29, 1.82) is 0 Å². The van der Waals surface area contributed by atoms with Crippen LogP contribution in [0.4, 0.5) is 0 Å². The Hall–Kier alpha value is -2.03. The molecule has 0 aliphatic rings. The second kappa shape index (κ2) is 6.42. The molecule has 0 atom stereocenters. The number of aryl methyl sites for hydroxylation is 2. The Bertz CT molecular complexity index is 625. The zero-order valence-electron chi connectivity index (χ0n) is 12.3. The third-order valence-corrected chi connectivity index (χ3v) is 3.58. The Morgan fingerprint density at radius 1 is 1.40 bits per heavy atom. The summed E-state index contributed by atoms with van der Waals surface area (Å²) in [5.41, 5.74) is 2.97. The van der Waals surface area contributed by atoms with E-state index in [4.69, 9.17) is 0 Å². The highest BCUT2D eigenvalue weighted by atomic mass is 16.1. The summed E-state index contributed by atoms with van der Waals surface area (Å²) in [5.74, 6) is -0.0188. The first-order chi connectivity index (χ1) is 9.70. The number of aromatic nitrogens is 1. The molecule has 2 rings (SSSR count). The summed E-state index contributed by atoms with van der Waals surface area (Å²) < 4.78 is 2.15.